The molecule has 2 aromatic carbocycles. The van der Waals surface area contributed by atoms with Gasteiger partial charge >= 0.3 is 0 Å². The fraction of sp³-hybridized carbons (Fsp3) is 0.143. The van der Waals surface area contributed by atoms with Crippen LogP contribution >= 0.6 is 11.3 Å². The van der Waals surface area contributed by atoms with Crippen molar-refractivity contribution in [1.82, 2.24) is 5.43 Å². The van der Waals surface area contributed by atoms with E-state index in [1.807, 2.05) is 31.2 Å². The van der Waals surface area contributed by atoms with E-state index in [-0.39, 0.29) is 10.1 Å². The molecule has 0 unspecified atom stereocenters. The molecular formula is C21H21N3O4S2. The minimum Gasteiger partial charge on any atom is -0.497 e. The Morgan fingerprint density at radius 3 is 2.37 bits per heavy atom. The van der Waals surface area contributed by atoms with Gasteiger partial charge in [-0.25, -0.2) is 13.8 Å². The normalized spacial score (nSPS) is 11.7. The lowest BCUT2D eigenvalue weighted by atomic mass is 10.1. The number of hydrazone groups is 1. The molecule has 0 aliphatic carbocycles. The number of sulfonamides is 1. The van der Waals surface area contributed by atoms with Gasteiger partial charge in [0.15, 0.2) is 0 Å². The molecule has 9 heteroatoms. The Hall–Kier alpha value is -3.17. The number of nitrogens with zero attached hydrogens (tertiary/aromatic N) is 1. The van der Waals surface area contributed by atoms with Crippen molar-refractivity contribution >= 4 is 38.7 Å². The van der Waals surface area contributed by atoms with E-state index in [0.717, 1.165) is 28.4 Å². The number of rotatable bonds is 8. The van der Waals surface area contributed by atoms with Gasteiger partial charge in [0, 0.05) is 23.4 Å². The van der Waals surface area contributed by atoms with Crippen LogP contribution in [-0.2, 0) is 16.4 Å². The molecule has 156 valence electrons. The molecule has 0 radical (unpaired) electrons. The number of thiophene rings is 1. The summed E-state index contributed by atoms with van der Waals surface area (Å²) in [6.07, 6.45) is 0.591. The molecule has 0 saturated heterocycles. The Bertz CT molecular complexity index is 1120. The molecule has 2 N–H and O–H groups in total. The summed E-state index contributed by atoms with van der Waals surface area (Å²) in [5.74, 6) is 0.402. The maximum atomic E-state index is 12.3. The monoisotopic (exact) mass is 443 g/mol. The molecule has 3 rings (SSSR count). The molecule has 7 nitrogen and oxygen atoms in total. The van der Waals surface area contributed by atoms with Gasteiger partial charge in [-0.3, -0.25) is 9.52 Å². The summed E-state index contributed by atoms with van der Waals surface area (Å²) < 4.78 is 32.3. The Morgan fingerprint density at radius 1 is 1.07 bits per heavy atom. The number of carbonyl (C=O) groups is 1. The smallest absolute Gasteiger partial charge is 0.271 e. The Kier molecular flexibility index (Phi) is 6.86. The number of hydrogen-bond donors (Lipinski definition) is 2. The Morgan fingerprint density at radius 2 is 1.77 bits per heavy atom. The number of amides is 1. The predicted octanol–water partition coefficient (Wildman–Crippen LogP) is 3.91. The van der Waals surface area contributed by atoms with E-state index in [2.05, 4.69) is 15.2 Å². The third kappa shape index (κ3) is 5.68. The molecule has 1 amide bonds. The van der Waals surface area contributed by atoms with Crippen molar-refractivity contribution < 1.29 is 17.9 Å². The van der Waals surface area contributed by atoms with Crippen molar-refractivity contribution in [2.24, 2.45) is 5.10 Å². The van der Waals surface area contributed by atoms with Gasteiger partial charge < -0.3 is 4.74 Å². The Balaban J connectivity index is 1.58. The average molecular weight is 444 g/mol. The molecular weight excluding hydrogens is 422 g/mol. The SMILES string of the molecule is COc1ccc(C/C(C)=N\NC(=O)c2ccc(NS(=O)(=O)c3cccs3)cc2)cc1. The molecule has 0 fully saturated rings. The molecule has 0 spiro atoms. The predicted molar refractivity (Wildman–Crippen MR) is 119 cm³/mol. The lowest BCUT2D eigenvalue weighted by molar-refractivity contribution is 0.0954. The summed E-state index contributed by atoms with van der Waals surface area (Å²) in [6, 6.07) is 17.0. The fourth-order valence-electron chi connectivity index (χ4n) is 2.60. The lowest BCUT2D eigenvalue weighted by Crippen LogP contribution is -2.19. The molecule has 30 heavy (non-hydrogen) atoms. The first-order valence-electron chi connectivity index (χ1n) is 9.00. The largest absolute Gasteiger partial charge is 0.497 e. The number of anilines is 1. The first-order valence-corrected chi connectivity index (χ1v) is 11.4. The zero-order chi connectivity index (χ0) is 21.6. The highest BCUT2D eigenvalue weighted by Gasteiger charge is 2.15. The van der Waals surface area contributed by atoms with Gasteiger partial charge in [-0.15, -0.1) is 11.3 Å². The standard InChI is InChI=1S/C21H21N3O4S2/c1-15(14-16-5-11-19(28-2)12-6-16)22-23-21(25)17-7-9-18(10-8-17)24-30(26,27)20-4-3-13-29-20/h3-13,24H,14H2,1-2H3,(H,23,25)/b22-15-. The van der Waals surface area contributed by atoms with Crippen LogP contribution in [0.2, 0.25) is 0 Å². The number of hydrogen-bond acceptors (Lipinski definition) is 6. The third-order valence-electron chi connectivity index (χ3n) is 4.13. The van der Waals surface area contributed by atoms with Crippen LogP contribution < -0.4 is 14.9 Å². The summed E-state index contributed by atoms with van der Waals surface area (Å²) >= 11 is 1.13. The highest BCUT2D eigenvalue weighted by Crippen LogP contribution is 2.20. The first-order chi connectivity index (χ1) is 14.4. The van der Waals surface area contributed by atoms with Gasteiger partial charge in [0.05, 0.1) is 7.11 Å². The summed E-state index contributed by atoms with van der Waals surface area (Å²) in [6.45, 7) is 1.83. The zero-order valence-corrected chi connectivity index (χ0v) is 18.1. The number of ether oxygens (including phenoxy) is 1. The van der Waals surface area contributed by atoms with E-state index in [0.29, 0.717) is 17.7 Å². The van der Waals surface area contributed by atoms with Crippen molar-refractivity contribution in [1.29, 1.82) is 0 Å². The van der Waals surface area contributed by atoms with Crippen molar-refractivity contribution in [3.63, 3.8) is 0 Å². The van der Waals surface area contributed by atoms with Gasteiger partial charge in [0.25, 0.3) is 15.9 Å². The summed E-state index contributed by atoms with van der Waals surface area (Å²) in [7, 11) is -2.01. The van der Waals surface area contributed by atoms with Crippen LogP contribution in [0.25, 0.3) is 0 Å². The molecule has 0 bridgehead atoms. The van der Waals surface area contributed by atoms with Crippen LogP contribution in [0.5, 0.6) is 5.75 Å². The minimum atomic E-state index is -3.62. The van der Waals surface area contributed by atoms with Crippen LogP contribution in [0.15, 0.2) is 75.4 Å². The molecule has 0 saturated carbocycles. The second-order valence-electron chi connectivity index (χ2n) is 6.43. The van der Waals surface area contributed by atoms with E-state index in [1.165, 1.54) is 30.3 Å². The van der Waals surface area contributed by atoms with E-state index in [4.69, 9.17) is 4.74 Å². The van der Waals surface area contributed by atoms with E-state index in [9.17, 15) is 13.2 Å². The fourth-order valence-corrected chi connectivity index (χ4v) is 4.65. The first kappa shape index (κ1) is 21.5. The molecule has 3 aromatic rings. The highest BCUT2D eigenvalue weighted by atomic mass is 32.2. The van der Waals surface area contributed by atoms with Crippen molar-refractivity contribution in [3.8, 4) is 5.75 Å². The number of carbonyl (C=O) groups excluding carboxylic acids is 1. The lowest BCUT2D eigenvalue weighted by Gasteiger charge is -2.07. The maximum Gasteiger partial charge on any atom is 0.271 e. The number of methoxy groups -OCH3 is 1. The van der Waals surface area contributed by atoms with Crippen LogP contribution in [0.4, 0.5) is 5.69 Å². The van der Waals surface area contributed by atoms with Crippen molar-refractivity contribution in [2.75, 3.05) is 11.8 Å². The Labute approximate surface area is 179 Å². The zero-order valence-electron chi connectivity index (χ0n) is 16.5. The second-order valence-corrected chi connectivity index (χ2v) is 9.28. The van der Waals surface area contributed by atoms with Crippen molar-refractivity contribution in [3.05, 3.63) is 77.2 Å². The van der Waals surface area contributed by atoms with Gasteiger partial charge in [-0.05, 0) is 60.3 Å². The number of benzene rings is 2. The minimum absolute atomic E-state index is 0.228. The van der Waals surface area contributed by atoms with Crippen LogP contribution in [-0.4, -0.2) is 27.1 Å². The molecule has 1 heterocycles. The quantitative estimate of drug-likeness (QED) is 0.408. The maximum absolute atomic E-state index is 12.3. The second kappa shape index (κ2) is 9.55. The average Bonchev–Trinajstić information content (AvgIpc) is 3.29. The van der Waals surface area contributed by atoms with E-state index >= 15 is 0 Å². The van der Waals surface area contributed by atoms with E-state index in [1.54, 1.807) is 18.6 Å². The number of nitrogens with one attached hydrogen (secondary N) is 2. The van der Waals surface area contributed by atoms with E-state index < -0.39 is 10.0 Å². The molecule has 0 atom stereocenters. The van der Waals surface area contributed by atoms with Gasteiger partial charge in [0.1, 0.15) is 9.96 Å². The highest BCUT2D eigenvalue weighted by molar-refractivity contribution is 7.94. The van der Waals surface area contributed by atoms with Gasteiger partial charge in [-0.1, -0.05) is 18.2 Å². The molecule has 0 aliphatic heterocycles. The van der Waals surface area contributed by atoms with Crippen LogP contribution in [0, 0.1) is 0 Å². The molecule has 1 aromatic heterocycles. The van der Waals surface area contributed by atoms with Gasteiger partial charge in [0.2, 0.25) is 0 Å². The van der Waals surface area contributed by atoms with Crippen LogP contribution in [0.3, 0.4) is 0 Å². The summed E-state index contributed by atoms with van der Waals surface area (Å²) in [5.41, 5.74) is 5.06. The third-order valence-corrected chi connectivity index (χ3v) is 6.91. The summed E-state index contributed by atoms with van der Waals surface area (Å²) in [5, 5.41) is 5.82. The van der Waals surface area contributed by atoms with Crippen molar-refractivity contribution in [2.45, 2.75) is 17.6 Å². The topological polar surface area (TPSA) is 96.9 Å². The molecule has 0 aliphatic rings. The van der Waals surface area contributed by atoms with Crippen LogP contribution in [0.1, 0.15) is 22.8 Å². The summed E-state index contributed by atoms with van der Waals surface area (Å²) in [4.78, 5) is 12.3. The van der Waals surface area contributed by atoms with Gasteiger partial charge in [-0.2, -0.15) is 5.10 Å².